The molecule has 0 bridgehead atoms. The van der Waals surface area contributed by atoms with Crippen LogP contribution in [0.2, 0.25) is 0 Å². The number of rotatable bonds is 9. The third-order valence-electron chi connectivity index (χ3n) is 17.1. The van der Waals surface area contributed by atoms with Crippen molar-refractivity contribution in [3.8, 4) is 45.0 Å². The molecule has 0 radical (unpaired) electrons. The minimum absolute atomic E-state index is 0. The highest BCUT2D eigenvalue weighted by Crippen LogP contribution is 2.38. The number of fused-ring (bicyclic) bond motifs is 4. The Morgan fingerprint density at radius 3 is 1.67 bits per heavy atom. The van der Waals surface area contributed by atoms with Crippen LogP contribution < -0.4 is 11.1 Å². The van der Waals surface area contributed by atoms with Gasteiger partial charge in [0, 0.05) is 85.3 Å². The number of amides is 1. The van der Waals surface area contributed by atoms with E-state index >= 15 is 0 Å². The first-order valence-electron chi connectivity index (χ1n) is 30.6. The summed E-state index contributed by atoms with van der Waals surface area (Å²) in [4.78, 5) is 54.2. The van der Waals surface area contributed by atoms with E-state index in [2.05, 4.69) is 110 Å². The van der Waals surface area contributed by atoms with Gasteiger partial charge in [-0.15, -0.1) is 12.4 Å². The van der Waals surface area contributed by atoms with Crippen molar-refractivity contribution < 1.29 is 32.8 Å². The summed E-state index contributed by atoms with van der Waals surface area (Å²) < 4.78 is 29.8. The van der Waals surface area contributed by atoms with Gasteiger partial charge in [0.05, 0.1) is 64.5 Å². The molecule has 22 nitrogen and oxygen atoms in total. The lowest BCUT2D eigenvalue weighted by Gasteiger charge is -2.26. The fourth-order valence-electron chi connectivity index (χ4n) is 12.1. The molecule has 466 valence electrons. The molecule has 2 aliphatic carbocycles. The number of aromatic amines is 2. The van der Waals surface area contributed by atoms with Gasteiger partial charge in [0.15, 0.2) is 17.1 Å². The molecule has 4 aliphatic rings. The van der Waals surface area contributed by atoms with Crippen LogP contribution in [-0.4, -0.2) is 110 Å². The third kappa shape index (κ3) is 13.3. The van der Waals surface area contributed by atoms with Crippen molar-refractivity contribution in [2.45, 2.75) is 155 Å². The molecule has 0 spiro atoms. The van der Waals surface area contributed by atoms with Crippen LogP contribution in [0, 0.1) is 13.8 Å². The largest absolute Gasteiger partial charge is 0.463 e. The van der Waals surface area contributed by atoms with E-state index in [4.69, 9.17) is 44.4 Å². The number of hydrogen-bond acceptors (Lipinski definition) is 17. The standard InChI is InChI=1S/C32H36N8O3.C25H28N6O.C9H13NO3.ClH/c1-18-24(17-40(38-18)21-11-14-42-15-12-21)27-35-26-23(10-13-33-28(26)36-27)20-8-9-22-19(16-20)6-5-7-25(22)34-29(41)30-37-31(39-43-30)32(2,3)4;1-15-21(14-31(30-15)18-8-11-32-12-9-18)24-28-23-20(7-10-27-25(23)29-24)17-5-6-19-16(13-17)3-2-4-22(19)26;1-9(2,3)7-5-6(13-10-7)8(11)12-4;/h8-10,13,16-17,21,25H,5-7,11-12,14-15H2,1-4H3,(H,34,41)(H,33,35,36);5-7,10,13-14,18,22H,2-4,8-9,11-12,26H2,1H3,(H,27,28,29);5H,1-4H3;1H. The number of benzene rings is 2. The number of ether oxygens (including phenoxy) is 3. The molecule has 2 aromatic carbocycles. The summed E-state index contributed by atoms with van der Waals surface area (Å²) in [6, 6.07) is 19.6. The molecular formula is C66H78ClN15O7. The molecule has 89 heavy (non-hydrogen) atoms. The van der Waals surface area contributed by atoms with Gasteiger partial charge in [-0.3, -0.25) is 14.2 Å². The molecular weight excluding hydrogens is 1150 g/mol. The molecule has 5 N–H and O–H groups in total. The zero-order chi connectivity index (χ0) is 61.4. The van der Waals surface area contributed by atoms with Gasteiger partial charge in [-0.2, -0.15) is 15.2 Å². The monoisotopic (exact) mass is 1230 g/mol. The maximum atomic E-state index is 13.0. The summed E-state index contributed by atoms with van der Waals surface area (Å²) >= 11 is 0. The van der Waals surface area contributed by atoms with Crippen LogP contribution in [0.3, 0.4) is 0 Å². The highest BCUT2D eigenvalue weighted by Gasteiger charge is 2.30. The SMILES string of the molecule is COC(=O)c1cc(C(C)(C)C)no1.Cc1nn(C2CCOCC2)cc1-c1nc2nccc(-c3ccc4c(c3)CCCC4N)c2[nH]1.Cc1nn(C2CCOCC2)cc1-c1nc2nccc(-c3ccc4c(c3)CCCC4NC(=O)c3nc(C(C)(C)C)no3)c2[nH]1.Cl. The van der Waals surface area contributed by atoms with Crippen molar-refractivity contribution in [3.05, 3.63) is 136 Å². The molecule has 2 atom stereocenters. The van der Waals surface area contributed by atoms with Gasteiger partial charge >= 0.3 is 17.8 Å². The molecule has 10 heterocycles. The first-order valence-corrected chi connectivity index (χ1v) is 30.6. The Labute approximate surface area is 522 Å². The second kappa shape index (κ2) is 25.9. The number of aromatic nitrogens is 13. The average Bonchev–Trinajstić information content (AvgIpc) is 1.81. The number of H-pyrrole nitrogens is 2. The van der Waals surface area contributed by atoms with Gasteiger partial charge in [0.1, 0.15) is 11.6 Å². The van der Waals surface area contributed by atoms with E-state index in [0.29, 0.717) is 23.6 Å². The summed E-state index contributed by atoms with van der Waals surface area (Å²) in [6.07, 6.45) is 17.8. The van der Waals surface area contributed by atoms with Crippen molar-refractivity contribution in [2.24, 2.45) is 5.73 Å². The van der Waals surface area contributed by atoms with E-state index in [1.54, 1.807) is 12.3 Å². The lowest BCUT2D eigenvalue weighted by molar-refractivity contribution is 0.0554. The predicted octanol–water partition coefficient (Wildman–Crippen LogP) is 12.3. The number of aryl methyl sites for hydroxylation is 4. The quantitative estimate of drug-likeness (QED) is 0.0977. The maximum absolute atomic E-state index is 13.0. The topological polar surface area (TPSA) is 284 Å². The van der Waals surface area contributed by atoms with Crippen LogP contribution >= 0.6 is 12.4 Å². The fourth-order valence-corrected chi connectivity index (χ4v) is 12.1. The summed E-state index contributed by atoms with van der Waals surface area (Å²) in [7, 11) is 1.31. The maximum Gasteiger partial charge on any atom is 0.376 e. The van der Waals surface area contributed by atoms with Crippen LogP contribution in [0.25, 0.3) is 67.4 Å². The molecule has 10 aromatic rings. The number of halogens is 1. The zero-order valence-electron chi connectivity index (χ0n) is 52.0. The molecule has 1 amide bonds. The Kier molecular flexibility index (Phi) is 18.1. The molecule has 2 unspecified atom stereocenters. The van der Waals surface area contributed by atoms with Crippen molar-refractivity contribution in [2.75, 3.05) is 33.5 Å². The van der Waals surface area contributed by atoms with E-state index in [-0.39, 0.29) is 52.9 Å². The minimum atomic E-state index is -0.497. The molecule has 8 aromatic heterocycles. The number of hydrogen-bond donors (Lipinski definition) is 4. The Bertz CT molecular complexity index is 4150. The first-order chi connectivity index (χ1) is 42.4. The number of imidazole rings is 2. The number of nitrogens with two attached hydrogens (primary N) is 1. The Balaban J connectivity index is 0.000000156. The number of carbonyl (C=O) groups excluding carboxylic acids is 2. The molecule has 0 saturated carbocycles. The first kappa shape index (κ1) is 62.2. The van der Waals surface area contributed by atoms with E-state index in [1.165, 1.54) is 29.4 Å². The van der Waals surface area contributed by atoms with E-state index in [9.17, 15) is 9.59 Å². The van der Waals surface area contributed by atoms with E-state index < -0.39 is 5.97 Å². The number of nitrogens with zero attached hydrogens (tertiary/aromatic N) is 11. The van der Waals surface area contributed by atoms with Crippen molar-refractivity contribution in [3.63, 3.8) is 0 Å². The van der Waals surface area contributed by atoms with Gasteiger partial charge in [0.25, 0.3) is 0 Å². The van der Waals surface area contributed by atoms with Crippen molar-refractivity contribution >= 4 is 46.6 Å². The van der Waals surface area contributed by atoms with E-state index in [1.807, 2.05) is 67.7 Å². The van der Waals surface area contributed by atoms with Gasteiger partial charge in [0.2, 0.25) is 5.76 Å². The van der Waals surface area contributed by atoms with Crippen LogP contribution in [0.4, 0.5) is 0 Å². The predicted molar refractivity (Wildman–Crippen MR) is 339 cm³/mol. The molecule has 2 fully saturated rings. The highest BCUT2D eigenvalue weighted by atomic mass is 35.5. The second-order valence-corrected chi connectivity index (χ2v) is 25.4. The van der Waals surface area contributed by atoms with Gasteiger partial charge in [-0.25, -0.2) is 24.7 Å². The average molecular weight is 1230 g/mol. The molecule has 2 saturated heterocycles. The zero-order valence-corrected chi connectivity index (χ0v) is 52.8. The lowest BCUT2D eigenvalue weighted by atomic mass is 9.85. The minimum Gasteiger partial charge on any atom is -0.463 e. The summed E-state index contributed by atoms with van der Waals surface area (Å²) in [6.45, 7) is 19.1. The van der Waals surface area contributed by atoms with Gasteiger partial charge in [-0.05, 0) is 124 Å². The smallest absolute Gasteiger partial charge is 0.376 e. The summed E-state index contributed by atoms with van der Waals surface area (Å²) in [5.74, 6) is 1.39. The Morgan fingerprint density at radius 2 is 1.17 bits per heavy atom. The Morgan fingerprint density at radius 1 is 0.640 bits per heavy atom. The molecule has 14 rings (SSSR count). The van der Waals surface area contributed by atoms with E-state index in [0.717, 1.165) is 169 Å². The molecule has 2 aliphatic heterocycles. The lowest BCUT2D eigenvalue weighted by Crippen LogP contribution is -2.31. The number of methoxy groups -OCH3 is 1. The van der Waals surface area contributed by atoms with Crippen molar-refractivity contribution in [1.82, 2.24) is 70.1 Å². The number of pyridine rings is 2. The highest BCUT2D eigenvalue weighted by molar-refractivity contribution is 5.93. The van der Waals surface area contributed by atoms with Crippen molar-refractivity contribution in [1.29, 1.82) is 0 Å². The van der Waals surface area contributed by atoms with Gasteiger partial charge in [-0.1, -0.05) is 88.3 Å². The number of carbonyl (C=O) groups is 2. The normalized spacial score (nSPS) is 17.2. The fraction of sp³-hybridized carbons (Fsp3) is 0.439. The molecule has 23 heteroatoms. The summed E-state index contributed by atoms with van der Waals surface area (Å²) in [5.41, 5.74) is 23.2. The number of esters is 1. The van der Waals surface area contributed by atoms with Crippen LogP contribution in [0.1, 0.15) is 183 Å². The number of nitrogens with one attached hydrogen (secondary N) is 3. The van der Waals surface area contributed by atoms with Gasteiger partial charge < -0.3 is 44.3 Å². The summed E-state index contributed by atoms with van der Waals surface area (Å²) in [5, 5.41) is 20.5. The second-order valence-electron chi connectivity index (χ2n) is 25.4. The Hall–Kier alpha value is -8.44. The van der Waals surface area contributed by atoms with Crippen LogP contribution in [-0.2, 0) is 37.9 Å². The van der Waals surface area contributed by atoms with Crippen LogP contribution in [0.15, 0.2) is 88.4 Å². The third-order valence-corrected chi connectivity index (χ3v) is 17.1. The van der Waals surface area contributed by atoms with Crippen LogP contribution in [0.5, 0.6) is 0 Å².